The largest absolute Gasteiger partial charge is 0.338 e. The summed E-state index contributed by atoms with van der Waals surface area (Å²) in [4.78, 5) is 28.6. The molecule has 7 heteroatoms. The summed E-state index contributed by atoms with van der Waals surface area (Å²) in [5, 5.41) is 2.83. The Morgan fingerprint density at radius 3 is 2.60 bits per heavy atom. The molecule has 0 radical (unpaired) electrons. The van der Waals surface area contributed by atoms with Crippen molar-refractivity contribution in [3.8, 4) is 0 Å². The second-order valence-electron chi connectivity index (χ2n) is 5.72. The van der Waals surface area contributed by atoms with Crippen molar-refractivity contribution in [2.45, 2.75) is 6.04 Å². The molecule has 0 aliphatic heterocycles. The normalized spacial score (nSPS) is 12.0. The Labute approximate surface area is 143 Å². The number of nitrogens with one attached hydrogen (secondary N) is 1. The van der Waals surface area contributed by atoms with Gasteiger partial charge in [-0.05, 0) is 23.8 Å². The number of carbonyl (C=O) groups excluding carboxylic acids is 1. The summed E-state index contributed by atoms with van der Waals surface area (Å²) in [6, 6.07) is 8.14. The Morgan fingerprint density at radius 2 is 1.96 bits per heavy atom. The first-order chi connectivity index (χ1) is 12.0. The quantitative estimate of drug-likeness (QED) is 0.787. The molecular weight excluding hydrogens is 323 g/mol. The van der Waals surface area contributed by atoms with Crippen LogP contribution < -0.4 is 10.9 Å². The number of pyridine rings is 1. The fraction of sp³-hybridized carbons (Fsp3) is 0.167. The monoisotopic (exact) mass is 340 g/mol. The van der Waals surface area contributed by atoms with E-state index in [2.05, 4.69) is 10.3 Å². The van der Waals surface area contributed by atoms with E-state index in [0.717, 1.165) is 0 Å². The Morgan fingerprint density at radius 1 is 1.16 bits per heavy atom. The lowest BCUT2D eigenvalue weighted by molar-refractivity contribution is 0.0940. The molecule has 2 aromatic heterocycles. The van der Waals surface area contributed by atoms with Gasteiger partial charge in [-0.15, -0.1) is 0 Å². The third-order valence-corrected chi connectivity index (χ3v) is 3.94. The van der Waals surface area contributed by atoms with Crippen molar-refractivity contribution >= 4 is 5.91 Å². The smallest absolute Gasteiger partial charge is 0.252 e. The zero-order valence-corrected chi connectivity index (χ0v) is 13.8. The van der Waals surface area contributed by atoms with Crippen molar-refractivity contribution in [1.82, 2.24) is 19.4 Å². The number of benzene rings is 1. The van der Waals surface area contributed by atoms with Crippen molar-refractivity contribution in [3.05, 3.63) is 88.1 Å². The van der Waals surface area contributed by atoms with Crippen molar-refractivity contribution in [2.24, 2.45) is 14.1 Å². The highest BCUT2D eigenvalue weighted by Gasteiger charge is 2.22. The predicted molar refractivity (Wildman–Crippen MR) is 90.6 cm³/mol. The summed E-state index contributed by atoms with van der Waals surface area (Å²) < 4.78 is 16.8. The summed E-state index contributed by atoms with van der Waals surface area (Å²) >= 11 is 0. The molecule has 0 fully saturated rings. The van der Waals surface area contributed by atoms with Gasteiger partial charge in [0, 0.05) is 44.3 Å². The molecule has 1 N–H and O–H groups in total. The van der Waals surface area contributed by atoms with Crippen LogP contribution in [0.4, 0.5) is 4.39 Å². The fourth-order valence-electron chi connectivity index (χ4n) is 2.54. The van der Waals surface area contributed by atoms with E-state index in [1.54, 1.807) is 49.3 Å². The molecule has 1 aromatic carbocycles. The Hall–Kier alpha value is -3.22. The molecule has 25 heavy (non-hydrogen) atoms. The number of rotatable bonds is 4. The van der Waals surface area contributed by atoms with E-state index >= 15 is 0 Å². The third kappa shape index (κ3) is 3.50. The topological polar surface area (TPSA) is 68.9 Å². The van der Waals surface area contributed by atoms with Gasteiger partial charge in [-0.2, -0.15) is 0 Å². The highest BCUT2D eigenvalue weighted by molar-refractivity contribution is 5.94. The summed E-state index contributed by atoms with van der Waals surface area (Å²) in [6.45, 7) is 0. The van der Waals surface area contributed by atoms with Gasteiger partial charge >= 0.3 is 0 Å². The van der Waals surface area contributed by atoms with Gasteiger partial charge in [0.2, 0.25) is 0 Å². The predicted octanol–water partition coefficient (Wildman–Crippen LogP) is 1.78. The molecule has 1 amide bonds. The number of aromatic nitrogens is 3. The second-order valence-corrected chi connectivity index (χ2v) is 5.72. The van der Waals surface area contributed by atoms with Crippen molar-refractivity contribution in [1.29, 1.82) is 0 Å². The van der Waals surface area contributed by atoms with Gasteiger partial charge in [0.1, 0.15) is 17.7 Å². The maximum Gasteiger partial charge on any atom is 0.252 e. The second kappa shape index (κ2) is 6.72. The first-order valence-electron chi connectivity index (χ1n) is 7.66. The molecule has 0 aliphatic rings. The van der Waals surface area contributed by atoms with Crippen LogP contribution in [-0.2, 0) is 14.1 Å². The zero-order valence-electron chi connectivity index (χ0n) is 13.8. The Bertz CT molecular complexity index is 977. The molecule has 0 spiro atoms. The molecule has 128 valence electrons. The average molecular weight is 340 g/mol. The van der Waals surface area contributed by atoms with Crippen LogP contribution in [0.1, 0.15) is 27.8 Å². The van der Waals surface area contributed by atoms with Gasteiger partial charge in [-0.3, -0.25) is 9.59 Å². The molecular formula is C18H17FN4O2. The number of halogens is 1. The van der Waals surface area contributed by atoms with E-state index in [1.807, 2.05) is 0 Å². The highest BCUT2D eigenvalue weighted by atomic mass is 19.1. The minimum Gasteiger partial charge on any atom is -0.338 e. The summed E-state index contributed by atoms with van der Waals surface area (Å²) in [5.74, 6) is -0.280. The summed E-state index contributed by atoms with van der Waals surface area (Å²) in [6.07, 6.45) is 4.87. The number of nitrogens with zero attached hydrogens (tertiary/aromatic N) is 3. The van der Waals surface area contributed by atoms with Crippen LogP contribution in [0.2, 0.25) is 0 Å². The van der Waals surface area contributed by atoms with Gasteiger partial charge in [0.25, 0.3) is 11.5 Å². The van der Waals surface area contributed by atoms with Gasteiger partial charge in [0.15, 0.2) is 0 Å². The SMILES string of the molecule is Cn1ccnc1C(NC(=O)c1ccn(C)c(=O)c1)c1cccc(F)c1. The molecule has 3 rings (SSSR count). The van der Waals surface area contributed by atoms with Crippen LogP contribution in [0.5, 0.6) is 0 Å². The number of carbonyl (C=O) groups is 1. The van der Waals surface area contributed by atoms with Gasteiger partial charge < -0.3 is 14.5 Å². The maximum absolute atomic E-state index is 13.6. The van der Waals surface area contributed by atoms with E-state index < -0.39 is 17.8 Å². The molecule has 2 heterocycles. The first-order valence-corrected chi connectivity index (χ1v) is 7.66. The summed E-state index contributed by atoms with van der Waals surface area (Å²) in [7, 11) is 3.40. The van der Waals surface area contributed by atoms with E-state index in [1.165, 1.54) is 29.0 Å². The Kier molecular flexibility index (Phi) is 4.47. The van der Waals surface area contributed by atoms with Gasteiger partial charge in [-0.1, -0.05) is 12.1 Å². The first kappa shape index (κ1) is 16.6. The lowest BCUT2D eigenvalue weighted by Gasteiger charge is -2.19. The molecule has 0 bridgehead atoms. The molecule has 1 atom stereocenters. The van der Waals surface area contributed by atoms with Crippen molar-refractivity contribution in [2.75, 3.05) is 0 Å². The number of hydrogen-bond donors (Lipinski definition) is 1. The zero-order chi connectivity index (χ0) is 18.0. The van der Waals surface area contributed by atoms with Crippen LogP contribution >= 0.6 is 0 Å². The molecule has 3 aromatic rings. The minimum atomic E-state index is -0.646. The third-order valence-electron chi connectivity index (χ3n) is 3.94. The van der Waals surface area contributed by atoms with Crippen LogP contribution in [0, 0.1) is 5.82 Å². The van der Waals surface area contributed by atoms with Gasteiger partial charge in [-0.25, -0.2) is 9.37 Å². The van der Waals surface area contributed by atoms with Crippen molar-refractivity contribution in [3.63, 3.8) is 0 Å². The van der Waals surface area contributed by atoms with E-state index in [0.29, 0.717) is 11.4 Å². The van der Waals surface area contributed by atoms with Crippen LogP contribution in [-0.4, -0.2) is 20.0 Å². The molecule has 0 saturated carbocycles. The van der Waals surface area contributed by atoms with Gasteiger partial charge in [0.05, 0.1) is 0 Å². The molecule has 0 aliphatic carbocycles. The molecule has 6 nitrogen and oxygen atoms in total. The lowest BCUT2D eigenvalue weighted by Crippen LogP contribution is -2.32. The van der Waals surface area contributed by atoms with Crippen LogP contribution in [0.15, 0.2) is 59.8 Å². The number of imidazole rings is 1. The van der Waals surface area contributed by atoms with E-state index in [9.17, 15) is 14.0 Å². The van der Waals surface area contributed by atoms with Crippen LogP contribution in [0.25, 0.3) is 0 Å². The number of hydrogen-bond acceptors (Lipinski definition) is 3. The number of aryl methyl sites for hydroxylation is 2. The van der Waals surface area contributed by atoms with E-state index in [4.69, 9.17) is 0 Å². The minimum absolute atomic E-state index is 0.235. The summed E-state index contributed by atoms with van der Waals surface area (Å²) in [5.41, 5.74) is 0.511. The van der Waals surface area contributed by atoms with Crippen LogP contribution in [0.3, 0.4) is 0 Å². The lowest BCUT2D eigenvalue weighted by atomic mass is 10.1. The Balaban J connectivity index is 1.98. The molecule has 0 saturated heterocycles. The standard InChI is InChI=1S/C18H17FN4O2/c1-22-8-6-13(11-15(22)24)18(25)21-16(17-20-7-9-23(17)2)12-4-3-5-14(19)10-12/h3-11,16H,1-2H3,(H,21,25). The van der Waals surface area contributed by atoms with Crippen molar-refractivity contribution < 1.29 is 9.18 Å². The molecule has 1 unspecified atom stereocenters. The highest BCUT2D eigenvalue weighted by Crippen LogP contribution is 2.21. The fourth-order valence-corrected chi connectivity index (χ4v) is 2.54. The average Bonchev–Trinajstić information content (AvgIpc) is 3.00. The van der Waals surface area contributed by atoms with E-state index in [-0.39, 0.29) is 11.1 Å². The number of amides is 1. The maximum atomic E-state index is 13.6.